The summed E-state index contributed by atoms with van der Waals surface area (Å²) in [5.74, 6) is 0. The molecule has 0 aliphatic carbocycles. The molecule has 92 valence electrons. The van der Waals surface area contributed by atoms with Crippen molar-refractivity contribution in [3.05, 3.63) is 23.9 Å². The summed E-state index contributed by atoms with van der Waals surface area (Å²) in [5, 5.41) is 1.60. The fourth-order valence-corrected chi connectivity index (χ4v) is 2.92. The minimum Gasteiger partial charge on any atom is -0.338 e. The highest BCUT2D eigenvalue weighted by Gasteiger charge is 2.24. The SMILES string of the molecule is CC(C)Sc1ccc(C2CCCN2C=O)cn1. The molecule has 0 bridgehead atoms. The first kappa shape index (κ1) is 12.4. The number of thioether (sulfide) groups is 1. The normalized spacial score (nSPS) is 19.9. The molecule has 1 aliphatic heterocycles. The van der Waals surface area contributed by atoms with E-state index in [1.807, 2.05) is 11.1 Å². The first-order chi connectivity index (χ1) is 8.20. The van der Waals surface area contributed by atoms with Gasteiger partial charge in [0.2, 0.25) is 6.41 Å². The summed E-state index contributed by atoms with van der Waals surface area (Å²) in [4.78, 5) is 17.2. The highest BCUT2D eigenvalue weighted by molar-refractivity contribution is 7.99. The van der Waals surface area contributed by atoms with Gasteiger partial charge in [-0.15, -0.1) is 11.8 Å². The van der Waals surface area contributed by atoms with Crippen molar-refractivity contribution in [3.8, 4) is 0 Å². The molecule has 1 aromatic rings. The number of amides is 1. The molecule has 0 saturated carbocycles. The number of aromatic nitrogens is 1. The number of carbonyl (C=O) groups is 1. The van der Waals surface area contributed by atoms with Crippen molar-refractivity contribution in [3.63, 3.8) is 0 Å². The lowest BCUT2D eigenvalue weighted by atomic mass is 10.1. The molecule has 1 aliphatic rings. The Morgan fingerprint density at radius 1 is 1.53 bits per heavy atom. The van der Waals surface area contributed by atoms with Crippen LogP contribution in [0.3, 0.4) is 0 Å². The Morgan fingerprint density at radius 3 is 2.94 bits per heavy atom. The average Bonchev–Trinajstić information content (AvgIpc) is 2.77. The van der Waals surface area contributed by atoms with Gasteiger partial charge < -0.3 is 4.90 Å². The van der Waals surface area contributed by atoms with E-state index in [9.17, 15) is 4.79 Å². The largest absolute Gasteiger partial charge is 0.338 e. The second-order valence-corrected chi connectivity index (χ2v) is 6.19. The van der Waals surface area contributed by atoms with Crippen LogP contribution >= 0.6 is 11.8 Å². The molecule has 1 saturated heterocycles. The van der Waals surface area contributed by atoms with Crippen molar-refractivity contribution in [2.24, 2.45) is 0 Å². The summed E-state index contributed by atoms with van der Waals surface area (Å²) in [7, 11) is 0. The highest BCUT2D eigenvalue weighted by atomic mass is 32.2. The maximum Gasteiger partial charge on any atom is 0.210 e. The van der Waals surface area contributed by atoms with Gasteiger partial charge in [-0.3, -0.25) is 4.79 Å². The molecule has 0 aromatic carbocycles. The fourth-order valence-electron chi connectivity index (χ4n) is 2.17. The van der Waals surface area contributed by atoms with E-state index >= 15 is 0 Å². The van der Waals surface area contributed by atoms with E-state index in [0.29, 0.717) is 5.25 Å². The Balaban J connectivity index is 2.09. The number of rotatable bonds is 4. The summed E-state index contributed by atoms with van der Waals surface area (Å²) >= 11 is 1.76. The van der Waals surface area contributed by atoms with Gasteiger partial charge in [0.05, 0.1) is 11.1 Å². The molecule has 2 heterocycles. The van der Waals surface area contributed by atoms with E-state index in [-0.39, 0.29) is 6.04 Å². The van der Waals surface area contributed by atoms with Crippen LogP contribution in [0.2, 0.25) is 0 Å². The van der Waals surface area contributed by atoms with Gasteiger partial charge in [-0.05, 0) is 24.5 Å². The molecule has 0 spiro atoms. The van der Waals surface area contributed by atoms with Crippen LogP contribution in [0.15, 0.2) is 23.4 Å². The van der Waals surface area contributed by atoms with Crippen LogP contribution in [-0.4, -0.2) is 28.1 Å². The number of carbonyl (C=O) groups excluding carboxylic acids is 1. The van der Waals surface area contributed by atoms with Gasteiger partial charge >= 0.3 is 0 Å². The second-order valence-electron chi connectivity index (χ2n) is 4.60. The molecule has 1 fully saturated rings. The lowest BCUT2D eigenvalue weighted by molar-refractivity contribution is -0.118. The summed E-state index contributed by atoms with van der Waals surface area (Å²) in [6.07, 6.45) is 5.01. The molecule has 2 rings (SSSR count). The third-order valence-electron chi connectivity index (χ3n) is 2.93. The van der Waals surface area contributed by atoms with Crippen molar-refractivity contribution in [2.45, 2.75) is 43.0 Å². The molecule has 3 nitrogen and oxygen atoms in total. The van der Waals surface area contributed by atoms with Crippen molar-refractivity contribution in [1.82, 2.24) is 9.88 Å². The van der Waals surface area contributed by atoms with Crippen molar-refractivity contribution in [1.29, 1.82) is 0 Å². The first-order valence-electron chi connectivity index (χ1n) is 6.04. The third kappa shape index (κ3) is 3.00. The highest BCUT2D eigenvalue weighted by Crippen LogP contribution is 2.31. The predicted octanol–water partition coefficient (Wildman–Crippen LogP) is 2.88. The first-order valence-corrected chi connectivity index (χ1v) is 6.92. The molecular weight excluding hydrogens is 232 g/mol. The van der Waals surface area contributed by atoms with Crippen LogP contribution in [0.5, 0.6) is 0 Å². The van der Waals surface area contributed by atoms with Crippen LogP contribution in [0, 0.1) is 0 Å². The maximum atomic E-state index is 10.9. The zero-order valence-corrected chi connectivity index (χ0v) is 11.1. The monoisotopic (exact) mass is 250 g/mol. The molecule has 4 heteroatoms. The zero-order valence-electron chi connectivity index (χ0n) is 10.3. The van der Waals surface area contributed by atoms with E-state index in [1.54, 1.807) is 11.8 Å². The van der Waals surface area contributed by atoms with Gasteiger partial charge in [0.15, 0.2) is 0 Å². The molecule has 17 heavy (non-hydrogen) atoms. The summed E-state index contributed by atoms with van der Waals surface area (Å²) in [6, 6.07) is 4.39. The number of nitrogens with zero attached hydrogens (tertiary/aromatic N) is 2. The maximum absolute atomic E-state index is 10.9. The topological polar surface area (TPSA) is 33.2 Å². The Labute approximate surface area is 107 Å². The summed E-state index contributed by atoms with van der Waals surface area (Å²) in [6.45, 7) is 5.19. The van der Waals surface area contributed by atoms with E-state index in [0.717, 1.165) is 36.4 Å². The van der Waals surface area contributed by atoms with Crippen LogP contribution < -0.4 is 0 Å². The lowest BCUT2D eigenvalue weighted by Gasteiger charge is -2.20. The van der Waals surface area contributed by atoms with E-state index < -0.39 is 0 Å². The number of likely N-dealkylation sites (tertiary alicyclic amines) is 1. The third-order valence-corrected chi connectivity index (χ3v) is 3.88. The van der Waals surface area contributed by atoms with Crippen LogP contribution in [0.1, 0.15) is 38.3 Å². The molecule has 1 atom stereocenters. The van der Waals surface area contributed by atoms with Crippen LogP contribution in [-0.2, 0) is 4.79 Å². The Hall–Kier alpha value is -1.03. The average molecular weight is 250 g/mol. The summed E-state index contributed by atoms with van der Waals surface area (Å²) in [5.41, 5.74) is 1.16. The van der Waals surface area contributed by atoms with Gasteiger partial charge in [-0.2, -0.15) is 0 Å². The van der Waals surface area contributed by atoms with Crippen molar-refractivity contribution < 1.29 is 4.79 Å². The van der Waals surface area contributed by atoms with Gasteiger partial charge in [-0.25, -0.2) is 4.98 Å². The van der Waals surface area contributed by atoms with Gasteiger partial charge in [0.1, 0.15) is 0 Å². The lowest BCUT2D eigenvalue weighted by Crippen LogP contribution is -2.21. The fraction of sp³-hybridized carbons (Fsp3) is 0.538. The number of pyridine rings is 1. The quantitative estimate of drug-likeness (QED) is 0.608. The van der Waals surface area contributed by atoms with E-state index in [1.165, 1.54) is 0 Å². The van der Waals surface area contributed by atoms with Gasteiger partial charge in [-0.1, -0.05) is 19.9 Å². The smallest absolute Gasteiger partial charge is 0.210 e. The Morgan fingerprint density at radius 2 is 2.35 bits per heavy atom. The minimum absolute atomic E-state index is 0.234. The summed E-state index contributed by atoms with van der Waals surface area (Å²) < 4.78 is 0. The standard InChI is InChI=1S/C13H18N2OS/c1-10(2)17-13-6-5-11(8-14-13)12-4-3-7-15(12)9-16/h5-6,8-10,12H,3-4,7H2,1-2H3. The molecule has 0 radical (unpaired) electrons. The minimum atomic E-state index is 0.234. The van der Waals surface area contributed by atoms with Gasteiger partial charge in [0.25, 0.3) is 0 Å². The molecule has 1 unspecified atom stereocenters. The second kappa shape index (κ2) is 5.54. The Kier molecular flexibility index (Phi) is 4.05. The van der Waals surface area contributed by atoms with Crippen molar-refractivity contribution in [2.75, 3.05) is 6.54 Å². The Bertz CT molecular complexity index is 378. The molecular formula is C13H18N2OS. The molecule has 1 amide bonds. The number of hydrogen-bond acceptors (Lipinski definition) is 3. The zero-order chi connectivity index (χ0) is 12.3. The molecule has 1 aromatic heterocycles. The van der Waals surface area contributed by atoms with Crippen LogP contribution in [0.25, 0.3) is 0 Å². The van der Waals surface area contributed by atoms with E-state index in [4.69, 9.17) is 0 Å². The number of hydrogen-bond donors (Lipinski definition) is 0. The van der Waals surface area contributed by atoms with Gasteiger partial charge in [0, 0.05) is 18.0 Å². The van der Waals surface area contributed by atoms with Crippen LogP contribution in [0.4, 0.5) is 0 Å². The van der Waals surface area contributed by atoms with E-state index in [2.05, 4.69) is 31.0 Å². The predicted molar refractivity (Wildman–Crippen MR) is 70.0 cm³/mol. The van der Waals surface area contributed by atoms with Crippen molar-refractivity contribution >= 4 is 18.2 Å². The molecule has 0 N–H and O–H groups in total.